The normalized spacial score (nSPS) is 12.8. The Morgan fingerprint density at radius 3 is 2.28 bits per heavy atom. The molecule has 0 saturated carbocycles. The van der Waals surface area contributed by atoms with Gasteiger partial charge in [0.15, 0.2) is 0 Å². The first-order valence-electron chi connectivity index (χ1n) is 5.49. The fourth-order valence-corrected chi connectivity index (χ4v) is 1.85. The second kappa shape index (κ2) is 5.86. The Labute approximate surface area is 107 Å². The lowest BCUT2D eigenvalue weighted by Crippen LogP contribution is -2.13. The van der Waals surface area contributed by atoms with Crippen LogP contribution in [0.1, 0.15) is 25.3 Å². The van der Waals surface area contributed by atoms with Crippen LogP contribution in [0.2, 0.25) is 0 Å². The van der Waals surface area contributed by atoms with Crippen molar-refractivity contribution in [3.05, 3.63) is 29.8 Å². The van der Waals surface area contributed by atoms with Gasteiger partial charge in [0.1, 0.15) is 5.75 Å². The maximum atomic E-state index is 11.5. The van der Waals surface area contributed by atoms with Gasteiger partial charge in [-0.2, -0.15) is 8.42 Å². The molecule has 0 saturated heterocycles. The molecule has 0 radical (unpaired) electrons. The first-order chi connectivity index (χ1) is 8.33. The molecule has 0 aliphatic rings. The molecule has 1 unspecified atom stereocenters. The lowest BCUT2D eigenvalue weighted by molar-refractivity contribution is -0.144. The van der Waals surface area contributed by atoms with Crippen LogP contribution in [0.4, 0.5) is 0 Å². The first kappa shape index (κ1) is 14.5. The molecular weight excluding hydrogens is 256 g/mol. The molecule has 0 aliphatic carbocycles. The van der Waals surface area contributed by atoms with Crippen LogP contribution < -0.4 is 4.18 Å². The maximum Gasteiger partial charge on any atom is 0.313 e. The van der Waals surface area contributed by atoms with Crippen LogP contribution in [0.3, 0.4) is 0 Å². The van der Waals surface area contributed by atoms with E-state index in [4.69, 9.17) is 8.92 Å². The second-order valence-corrected chi connectivity index (χ2v) is 5.41. The number of carbonyl (C=O) groups excluding carboxylic acids is 1. The molecule has 1 aromatic rings. The summed E-state index contributed by atoms with van der Waals surface area (Å²) in [5, 5.41) is 0. The molecule has 0 spiro atoms. The molecule has 0 bridgehead atoms. The molecule has 5 nitrogen and oxygen atoms in total. The highest BCUT2D eigenvalue weighted by atomic mass is 32.2. The molecule has 0 N–H and O–H groups in total. The molecular formula is C12H16O5S. The molecule has 0 amide bonds. The molecule has 1 rings (SSSR count). The largest absolute Gasteiger partial charge is 0.466 e. The summed E-state index contributed by atoms with van der Waals surface area (Å²) in [7, 11) is -3.53. The van der Waals surface area contributed by atoms with E-state index in [1.807, 2.05) is 0 Å². The molecule has 100 valence electrons. The summed E-state index contributed by atoms with van der Waals surface area (Å²) < 4.78 is 31.4. The zero-order chi connectivity index (χ0) is 13.8. The summed E-state index contributed by atoms with van der Waals surface area (Å²) in [4.78, 5) is 11.5. The van der Waals surface area contributed by atoms with Gasteiger partial charge in [-0.05, 0) is 31.5 Å². The van der Waals surface area contributed by atoms with Crippen molar-refractivity contribution in [2.75, 3.05) is 12.9 Å². The number of hydrogen-bond donors (Lipinski definition) is 0. The molecule has 1 aromatic carbocycles. The van der Waals surface area contributed by atoms with Crippen molar-refractivity contribution in [3.63, 3.8) is 0 Å². The van der Waals surface area contributed by atoms with Gasteiger partial charge < -0.3 is 8.92 Å². The van der Waals surface area contributed by atoms with E-state index in [0.29, 0.717) is 6.61 Å². The number of benzene rings is 1. The number of hydrogen-bond acceptors (Lipinski definition) is 5. The molecule has 0 heterocycles. The van der Waals surface area contributed by atoms with Gasteiger partial charge in [0.25, 0.3) is 0 Å². The molecule has 6 heteroatoms. The summed E-state index contributed by atoms with van der Waals surface area (Å²) in [5.74, 6) is -0.483. The van der Waals surface area contributed by atoms with Gasteiger partial charge in [-0.15, -0.1) is 0 Å². The van der Waals surface area contributed by atoms with Crippen molar-refractivity contribution in [1.29, 1.82) is 0 Å². The van der Waals surface area contributed by atoms with E-state index >= 15 is 0 Å². The minimum atomic E-state index is -3.53. The Bertz CT molecular complexity index is 504. The third-order valence-electron chi connectivity index (χ3n) is 2.27. The van der Waals surface area contributed by atoms with Gasteiger partial charge in [-0.1, -0.05) is 12.1 Å². The van der Waals surface area contributed by atoms with E-state index in [1.54, 1.807) is 26.0 Å². The molecule has 18 heavy (non-hydrogen) atoms. The summed E-state index contributed by atoms with van der Waals surface area (Å²) in [6.45, 7) is 3.80. The number of esters is 1. The van der Waals surface area contributed by atoms with E-state index in [0.717, 1.165) is 11.8 Å². The summed E-state index contributed by atoms with van der Waals surface area (Å²) in [5.41, 5.74) is 0.745. The van der Waals surface area contributed by atoms with Gasteiger partial charge in [-0.25, -0.2) is 0 Å². The molecule has 0 aromatic heterocycles. The third kappa shape index (κ3) is 4.37. The van der Waals surface area contributed by atoms with Gasteiger partial charge in [0.2, 0.25) is 0 Å². The Kier molecular flexibility index (Phi) is 4.72. The fraction of sp³-hybridized carbons (Fsp3) is 0.417. The zero-order valence-corrected chi connectivity index (χ0v) is 11.4. The first-order valence-corrected chi connectivity index (χ1v) is 7.31. The van der Waals surface area contributed by atoms with Crippen molar-refractivity contribution >= 4 is 16.1 Å². The molecule has 0 fully saturated rings. The SMILES string of the molecule is CCOC(=O)C(C)c1ccc(OS(C)(=O)=O)cc1. The molecule has 1 atom stereocenters. The quantitative estimate of drug-likeness (QED) is 0.602. The lowest BCUT2D eigenvalue weighted by atomic mass is 10.0. The van der Waals surface area contributed by atoms with Crippen LogP contribution in [-0.2, 0) is 19.6 Å². The third-order valence-corrected chi connectivity index (χ3v) is 2.76. The zero-order valence-electron chi connectivity index (χ0n) is 10.5. The molecule has 0 aliphatic heterocycles. The standard InChI is InChI=1S/C12H16O5S/c1-4-16-12(13)9(2)10-5-7-11(8-6-10)17-18(3,14)15/h5-9H,4H2,1-3H3. The number of ether oxygens (including phenoxy) is 1. The Morgan fingerprint density at radius 1 is 1.28 bits per heavy atom. The number of rotatable bonds is 5. The maximum absolute atomic E-state index is 11.5. The van der Waals surface area contributed by atoms with Crippen molar-refractivity contribution in [2.45, 2.75) is 19.8 Å². The van der Waals surface area contributed by atoms with Crippen LogP contribution in [0.15, 0.2) is 24.3 Å². The Morgan fingerprint density at radius 2 is 1.83 bits per heavy atom. The minimum Gasteiger partial charge on any atom is -0.466 e. The Hall–Kier alpha value is -1.56. The van der Waals surface area contributed by atoms with Crippen LogP contribution in [0.25, 0.3) is 0 Å². The van der Waals surface area contributed by atoms with E-state index in [9.17, 15) is 13.2 Å². The van der Waals surface area contributed by atoms with E-state index in [2.05, 4.69) is 0 Å². The minimum absolute atomic E-state index is 0.220. The summed E-state index contributed by atoms with van der Waals surface area (Å²) in [6, 6.07) is 6.29. The predicted octanol–water partition coefficient (Wildman–Crippen LogP) is 1.69. The van der Waals surface area contributed by atoms with Crippen molar-refractivity contribution in [2.24, 2.45) is 0 Å². The monoisotopic (exact) mass is 272 g/mol. The second-order valence-electron chi connectivity index (χ2n) is 3.83. The van der Waals surface area contributed by atoms with Crippen LogP contribution in [0.5, 0.6) is 5.75 Å². The average molecular weight is 272 g/mol. The van der Waals surface area contributed by atoms with Gasteiger partial charge in [0.05, 0.1) is 18.8 Å². The van der Waals surface area contributed by atoms with Gasteiger partial charge >= 0.3 is 16.1 Å². The summed E-state index contributed by atoms with van der Waals surface area (Å²) >= 11 is 0. The fourth-order valence-electron chi connectivity index (χ4n) is 1.39. The van der Waals surface area contributed by atoms with Gasteiger partial charge in [0, 0.05) is 0 Å². The smallest absolute Gasteiger partial charge is 0.313 e. The van der Waals surface area contributed by atoms with Crippen LogP contribution in [-0.4, -0.2) is 27.2 Å². The van der Waals surface area contributed by atoms with Crippen LogP contribution >= 0.6 is 0 Å². The topological polar surface area (TPSA) is 69.7 Å². The number of carbonyl (C=O) groups is 1. The van der Waals surface area contributed by atoms with Crippen molar-refractivity contribution in [1.82, 2.24) is 0 Å². The highest BCUT2D eigenvalue weighted by Crippen LogP contribution is 2.21. The van der Waals surface area contributed by atoms with E-state index in [1.165, 1.54) is 12.1 Å². The van der Waals surface area contributed by atoms with E-state index < -0.39 is 16.0 Å². The average Bonchev–Trinajstić information content (AvgIpc) is 2.27. The van der Waals surface area contributed by atoms with E-state index in [-0.39, 0.29) is 11.7 Å². The van der Waals surface area contributed by atoms with Crippen molar-refractivity contribution in [3.8, 4) is 5.75 Å². The highest BCUT2D eigenvalue weighted by Gasteiger charge is 2.16. The Balaban J connectivity index is 2.79. The van der Waals surface area contributed by atoms with Gasteiger partial charge in [-0.3, -0.25) is 4.79 Å². The highest BCUT2D eigenvalue weighted by molar-refractivity contribution is 7.86. The lowest BCUT2D eigenvalue weighted by Gasteiger charge is -2.11. The van der Waals surface area contributed by atoms with Crippen LogP contribution in [0, 0.1) is 0 Å². The van der Waals surface area contributed by atoms with Crippen molar-refractivity contribution < 1.29 is 22.1 Å². The predicted molar refractivity (Wildman–Crippen MR) is 67.0 cm³/mol. The summed E-state index contributed by atoms with van der Waals surface area (Å²) in [6.07, 6.45) is 0.974.